The van der Waals surface area contributed by atoms with Crippen molar-refractivity contribution in [1.82, 2.24) is 4.98 Å². The molecule has 0 spiro atoms. The van der Waals surface area contributed by atoms with Crippen molar-refractivity contribution in [1.29, 1.82) is 0 Å². The van der Waals surface area contributed by atoms with Crippen LogP contribution in [0.2, 0.25) is 5.02 Å². The van der Waals surface area contributed by atoms with Crippen LogP contribution in [0.15, 0.2) is 66.9 Å². The van der Waals surface area contributed by atoms with Gasteiger partial charge in [0, 0.05) is 5.56 Å². The number of aryl methyl sites for hydroxylation is 1. The van der Waals surface area contributed by atoms with Gasteiger partial charge in [-0.25, -0.2) is 4.98 Å². The summed E-state index contributed by atoms with van der Waals surface area (Å²) < 4.78 is 0. The number of anilines is 3. The number of nitrogens with zero attached hydrogens (tertiary/aromatic N) is 1. The van der Waals surface area contributed by atoms with E-state index in [4.69, 9.17) is 11.6 Å². The molecule has 0 unspecified atom stereocenters. The lowest BCUT2D eigenvalue weighted by atomic mass is 10.1. The van der Waals surface area contributed by atoms with Crippen LogP contribution in [0.5, 0.6) is 0 Å². The summed E-state index contributed by atoms with van der Waals surface area (Å²) in [6.45, 7) is 1.95. The summed E-state index contributed by atoms with van der Waals surface area (Å²) >= 11 is 6.11. The molecule has 0 atom stereocenters. The van der Waals surface area contributed by atoms with Crippen LogP contribution in [0, 0.1) is 6.92 Å². The highest BCUT2D eigenvalue weighted by molar-refractivity contribution is 6.33. The van der Waals surface area contributed by atoms with E-state index in [1.165, 1.54) is 0 Å². The van der Waals surface area contributed by atoms with E-state index in [1.807, 2.05) is 43.3 Å². The Hall–Kier alpha value is -2.85. The zero-order chi connectivity index (χ0) is 16.9. The molecule has 0 bridgehead atoms. The quantitative estimate of drug-likeness (QED) is 0.701. The first-order valence-corrected chi connectivity index (χ1v) is 7.85. The van der Waals surface area contributed by atoms with E-state index >= 15 is 0 Å². The Morgan fingerprint density at radius 2 is 1.88 bits per heavy atom. The number of amides is 1. The zero-order valence-corrected chi connectivity index (χ0v) is 13.8. The molecule has 5 heteroatoms. The number of benzene rings is 2. The van der Waals surface area contributed by atoms with E-state index in [-0.39, 0.29) is 5.91 Å². The number of carbonyl (C=O) groups excluding carboxylic acids is 1. The maximum absolute atomic E-state index is 12.2. The van der Waals surface area contributed by atoms with Crippen LogP contribution in [0.4, 0.5) is 17.2 Å². The highest BCUT2D eigenvalue weighted by Gasteiger charge is 2.07. The third-order valence-electron chi connectivity index (χ3n) is 3.44. The second-order valence-corrected chi connectivity index (χ2v) is 5.77. The van der Waals surface area contributed by atoms with Gasteiger partial charge in [-0.3, -0.25) is 4.79 Å². The Morgan fingerprint density at radius 3 is 2.58 bits per heavy atom. The summed E-state index contributed by atoms with van der Waals surface area (Å²) in [5, 5.41) is 6.59. The molecule has 0 fully saturated rings. The fraction of sp³-hybridized carbons (Fsp3) is 0.0526. The zero-order valence-electron chi connectivity index (χ0n) is 13.1. The van der Waals surface area contributed by atoms with Crippen molar-refractivity contribution in [3.8, 4) is 0 Å². The SMILES string of the molecule is Cc1cccc(C(=O)Nc2ccc(Nc3ccccc3Cl)nc2)c1. The van der Waals surface area contributed by atoms with Crippen molar-refractivity contribution >= 4 is 34.7 Å². The second-order valence-electron chi connectivity index (χ2n) is 5.36. The molecule has 2 aromatic carbocycles. The van der Waals surface area contributed by atoms with Crippen LogP contribution in [-0.4, -0.2) is 10.9 Å². The molecule has 0 saturated heterocycles. The lowest BCUT2D eigenvalue weighted by Gasteiger charge is -2.09. The van der Waals surface area contributed by atoms with E-state index in [0.717, 1.165) is 11.3 Å². The van der Waals surface area contributed by atoms with Gasteiger partial charge in [-0.1, -0.05) is 41.4 Å². The van der Waals surface area contributed by atoms with Crippen LogP contribution in [-0.2, 0) is 0 Å². The molecule has 24 heavy (non-hydrogen) atoms. The van der Waals surface area contributed by atoms with Crippen molar-refractivity contribution in [3.63, 3.8) is 0 Å². The smallest absolute Gasteiger partial charge is 0.255 e. The molecule has 0 aliphatic rings. The van der Waals surface area contributed by atoms with Gasteiger partial charge in [0.05, 0.1) is 22.6 Å². The van der Waals surface area contributed by atoms with Gasteiger partial charge in [-0.05, 0) is 43.3 Å². The Balaban J connectivity index is 1.68. The summed E-state index contributed by atoms with van der Waals surface area (Å²) in [4.78, 5) is 16.5. The average Bonchev–Trinajstić information content (AvgIpc) is 2.58. The van der Waals surface area contributed by atoms with E-state index in [0.29, 0.717) is 22.1 Å². The molecule has 1 aromatic heterocycles. The molecular formula is C19H16ClN3O. The number of aromatic nitrogens is 1. The van der Waals surface area contributed by atoms with Crippen molar-refractivity contribution in [2.75, 3.05) is 10.6 Å². The summed E-state index contributed by atoms with van der Waals surface area (Å²) in [6.07, 6.45) is 1.60. The minimum atomic E-state index is -0.160. The van der Waals surface area contributed by atoms with Gasteiger partial charge in [0.1, 0.15) is 5.82 Å². The molecule has 0 radical (unpaired) electrons. The van der Waals surface area contributed by atoms with Crippen LogP contribution in [0.1, 0.15) is 15.9 Å². The second kappa shape index (κ2) is 7.15. The van der Waals surface area contributed by atoms with Crippen LogP contribution < -0.4 is 10.6 Å². The van der Waals surface area contributed by atoms with Gasteiger partial charge >= 0.3 is 0 Å². The number of nitrogens with one attached hydrogen (secondary N) is 2. The third-order valence-corrected chi connectivity index (χ3v) is 3.77. The van der Waals surface area contributed by atoms with Crippen molar-refractivity contribution < 1.29 is 4.79 Å². The van der Waals surface area contributed by atoms with Gasteiger partial charge in [-0.15, -0.1) is 0 Å². The lowest BCUT2D eigenvalue weighted by molar-refractivity contribution is 0.102. The van der Waals surface area contributed by atoms with E-state index in [2.05, 4.69) is 15.6 Å². The van der Waals surface area contributed by atoms with Crippen LogP contribution in [0.25, 0.3) is 0 Å². The fourth-order valence-electron chi connectivity index (χ4n) is 2.23. The van der Waals surface area contributed by atoms with Crippen LogP contribution in [0.3, 0.4) is 0 Å². The standard InChI is InChI=1S/C19H16ClN3O/c1-13-5-4-6-14(11-13)19(24)22-15-9-10-18(21-12-15)23-17-8-3-2-7-16(17)20/h2-12H,1H3,(H,21,23)(H,22,24). The number of para-hydroxylation sites is 1. The van der Waals surface area contributed by atoms with Gasteiger partial charge in [0.25, 0.3) is 5.91 Å². The van der Waals surface area contributed by atoms with Crippen LogP contribution >= 0.6 is 11.6 Å². The third kappa shape index (κ3) is 3.91. The minimum Gasteiger partial charge on any atom is -0.339 e. The maximum Gasteiger partial charge on any atom is 0.255 e. The Morgan fingerprint density at radius 1 is 1.04 bits per heavy atom. The average molecular weight is 338 g/mol. The Labute approximate surface area is 145 Å². The fourth-order valence-corrected chi connectivity index (χ4v) is 2.41. The Kier molecular flexibility index (Phi) is 4.77. The van der Waals surface area contributed by atoms with Crippen molar-refractivity contribution in [3.05, 3.63) is 83.0 Å². The molecular weight excluding hydrogens is 322 g/mol. The molecule has 0 aliphatic heterocycles. The van der Waals surface area contributed by atoms with E-state index < -0.39 is 0 Å². The number of pyridine rings is 1. The molecule has 3 rings (SSSR count). The molecule has 4 nitrogen and oxygen atoms in total. The molecule has 0 aliphatic carbocycles. The minimum absolute atomic E-state index is 0.160. The number of rotatable bonds is 4. The van der Waals surface area contributed by atoms with Gasteiger partial charge in [0.15, 0.2) is 0 Å². The molecule has 120 valence electrons. The first-order valence-electron chi connectivity index (χ1n) is 7.47. The summed E-state index contributed by atoms with van der Waals surface area (Å²) in [6, 6.07) is 18.5. The lowest BCUT2D eigenvalue weighted by Crippen LogP contribution is -2.12. The van der Waals surface area contributed by atoms with Crippen molar-refractivity contribution in [2.24, 2.45) is 0 Å². The molecule has 1 heterocycles. The first kappa shape index (κ1) is 16.0. The maximum atomic E-state index is 12.2. The molecule has 1 amide bonds. The molecule has 2 N–H and O–H groups in total. The highest BCUT2D eigenvalue weighted by atomic mass is 35.5. The molecule has 0 saturated carbocycles. The monoisotopic (exact) mass is 337 g/mol. The highest BCUT2D eigenvalue weighted by Crippen LogP contribution is 2.24. The van der Waals surface area contributed by atoms with E-state index in [9.17, 15) is 4.79 Å². The van der Waals surface area contributed by atoms with Crippen molar-refractivity contribution in [2.45, 2.75) is 6.92 Å². The topological polar surface area (TPSA) is 54.0 Å². The summed E-state index contributed by atoms with van der Waals surface area (Å²) in [5.74, 6) is 0.490. The number of carbonyl (C=O) groups is 1. The predicted octanol–water partition coefficient (Wildman–Crippen LogP) is 5.04. The number of hydrogen-bond donors (Lipinski definition) is 2. The van der Waals surface area contributed by atoms with E-state index in [1.54, 1.807) is 30.5 Å². The Bertz CT molecular complexity index is 862. The van der Waals surface area contributed by atoms with Gasteiger partial charge in [0.2, 0.25) is 0 Å². The first-order chi connectivity index (χ1) is 11.6. The number of halogens is 1. The summed E-state index contributed by atoms with van der Waals surface area (Å²) in [5.41, 5.74) is 3.07. The summed E-state index contributed by atoms with van der Waals surface area (Å²) in [7, 11) is 0. The predicted molar refractivity (Wildman–Crippen MR) is 98.1 cm³/mol. The largest absolute Gasteiger partial charge is 0.339 e. The van der Waals surface area contributed by atoms with Gasteiger partial charge in [-0.2, -0.15) is 0 Å². The number of hydrogen-bond acceptors (Lipinski definition) is 3. The normalized spacial score (nSPS) is 10.2. The van der Waals surface area contributed by atoms with Gasteiger partial charge < -0.3 is 10.6 Å². The molecule has 3 aromatic rings.